The Hall–Kier alpha value is -2.38. The van der Waals surface area contributed by atoms with Crippen molar-refractivity contribution in [3.8, 4) is 0 Å². The van der Waals surface area contributed by atoms with Gasteiger partial charge in [-0.25, -0.2) is 8.42 Å². The van der Waals surface area contributed by atoms with E-state index in [0.29, 0.717) is 18.7 Å². The maximum Gasteiger partial charge on any atom is 0.261 e. The molecule has 2 aromatic carbocycles. The number of anilines is 2. The summed E-state index contributed by atoms with van der Waals surface area (Å²) in [6.45, 7) is 2.45. The molecule has 0 aliphatic carbocycles. The van der Waals surface area contributed by atoms with E-state index in [-0.39, 0.29) is 17.4 Å². The summed E-state index contributed by atoms with van der Waals surface area (Å²) in [4.78, 5) is 13.9. The van der Waals surface area contributed by atoms with Gasteiger partial charge in [0, 0.05) is 25.0 Å². The second kappa shape index (κ2) is 6.85. The minimum atomic E-state index is -3.64. The molecule has 25 heavy (non-hydrogen) atoms. The van der Waals surface area contributed by atoms with E-state index in [0.717, 1.165) is 16.8 Å². The molecule has 0 saturated carbocycles. The van der Waals surface area contributed by atoms with Gasteiger partial charge in [-0.15, -0.1) is 0 Å². The number of methoxy groups -OCH3 is 1. The SMILES string of the molecule is COCC(=O)N1CCc2cc(NS(=O)(=O)c3cccc(C)c3)ccc21. The summed E-state index contributed by atoms with van der Waals surface area (Å²) < 4.78 is 32.5. The van der Waals surface area contributed by atoms with Crippen LogP contribution in [0.1, 0.15) is 11.1 Å². The van der Waals surface area contributed by atoms with Gasteiger partial charge in [0.15, 0.2) is 0 Å². The second-order valence-corrected chi connectivity index (χ2v) is 7.68. The number of carbonyl (C=O) groups excluding carboxylic acids is 1. The highest BCUT2D eigenvalue weighted by atomic mass is 32.2. The Morgan fingerprint density at radius 3 is 2.76 bits per heavy atom. The normalized spacial score (nSPS) is 13.6. The third-order valence-electron chi connectivity index (χ3n) is 4.10. The van der Waals surface area contributed by atoms with Crippen LogP contribution in [0.5, 0.6) is 0 Å². The molecule has 0 spiro atoms. The lowest BCUT2D eigenvalue weighted by Gasteiger charge is -2.17. The molecule has 2 aromatic rings. The van der Waals surface area contributed by atoms with Gasteiger partial charge in [-0.1, -0.05) is 12.1 Å². The van der Waals surface area contributed by atoms with Crippen LogP contribution in [0.4, 0.5) is 11.4 Å². The number of aryl methyl sites for hydroxylation is 1. The van der Waals surface area contributed by atoms with Crippen LogP contribution in [0, 0.1) is 6.92 Å². The molecule has 1 amide bonds. The number of rotatable bonds is 5. The Bertz CT molecular complexity index is 909. The van der Waals surface area contributed by atoms with Crippen molar-refractivity contribution in [2.45, 2.75) is 18.2 Å². The number of nitrogens with one attached hydrogen (secondary N) is 1. The van der Waals surface area contributed by atoms with E-state index in [9.17, 15) is 13.2 Å². The first-order valence-electron chi connectivity index (χ1n) is 7.92. The first-order valence-corrected chi connectivity index (χ1v) is 9.41. The van der Waals surface area contributed by atoms with Gasteiger partial charge in [0.25, 0.3) is 15.9 Å². The minimum Gasteiger partial charge on any atom is -0.375 e. The van der Waals surface area contributed by atoms with Crippen LogP contribution in [0.2, 0.25) is 0 Å². The average Bonchev–Trinajstić information content (AvgIpc) is 2.98. The van der Waals surface area contributed by atoms with Gasteiger partial charge in [0.1, 0.15) is 6.61 Å². The zero-order valence-corrected chi connectivity index (χ0v) is 15.0. The molecule has 0 radical (unpaired) electrons. The number of sulfonamides is 1. The van der Waals surface area contributed by atoms with E-state index in [1.807, 2.05) is 13.0 Å². The monoisotopic (exact) mass is 360 g/mol. The highest BCUT2D eigenvalue weighted by Gasteiger charge is 2.25. The second-order valence-electron chi connectivity index (χ2n) is 5.99. The molecule has 0 fully saturated rings. The molecule has 1 N–H and O–H groups in total. The largest absolute Gasteiger partial charge is 0.375 e. The topological polar surface area (TPSA) is 75.7 Å². The summed E-state index contributed by atoms with van der Waals surface area (Å²) in [5.74, 6) is -0.102. The fourth-order valence-electron chi connectivity index (χ4n) is 2.92. The van der Waals surface area contributed by atoms with Crippen LogP contribution >= 0.6 is 0 Å². The molecule has 0 bridgehead atoms. The predicted octanol–water partition coefficient (Wildman–Crippen LogP) is 2.33. The fraction of sp³-hybridized carbons (Fsp3) is 0.278. The highest BCUT2D eigenvalue weighted by molar-refractivity contribution is 7.92. The van der Waals surface area contributed by atoms with Crippen molar-refractivity contribution in [2.75, 3.05) is 29.9 Å². The Labute approximate surface area is 147 Å². The quantitative estimate of drug-likeness (QED) is 0.888. The predicted molar refractivity (Wildman–Crippen MR) is 96.4 cm³/mol. The Morgan fingerprint density at radius 1 is 1.24 bits per heavy atom. The molecule has 132 valence electrons. The van der Waals surface area contributed by atoms with Crippen LogP contribution in [0.15, 0.2) is 47.4 Å². The third kappa shape index (κ3) is 3.67. The molecule has 6 nitrogen and oxygen atoms in total. The van der Waals surface area contributed by atoms with Crippen molar-refractivity contribution in [3.05, 3.63) is 53.6 Å². The van der Waals surface area contributed by atoms with Crippen molar-refractivity contribution in [1.82, 2.24) is 0 Å². The number of fused-ring (bicyclic) bond motifs is 1. The van der Waals surface area contributed by atoms with E-state index >= 15 is 0 Å². The number of hydrogen-bond donors (Lipinski definition) is 1. The molecule has 1 aliphatic rings. The molecule has 0 saturated heterocycles. The van der Waals surface area contributed by atoms with Gasteiger partial charge < -0.3 is 9.64 Å². The van der Waals surface area contributed by atoms with Gasteiger partial charge >= 0.3 is 0 Å². The van der Waals surface area contributed by atoms with E-state index in [4.69, 9.17) is 4.74 Å². The van der Waals surface area contributed by atoms with E-state index < -0.39 is 10.0 Å². The number of carbonyl (C=O) groups is 1. The van der Waals surface area contributed by atoms with Crippen molar-refractivity contribution in [3.63, 3.8) is 0 Å². The molecule has 1 aliphatic heterocycles. The molecular formula is C18H20N2O4S. The first kappa shape index (κ1) is 17.4. The van der Waals surface area contributed by atoms with Crippen LogP contribution < -0.4 is 9.62 Å². The summed E-state index contributed by atoms with van der Waals surface area (Å²) in [5, 5.41) is 0. The lowest BCUT2D eigenvalue weighted by atomic mass is 10.1. The van der Waals surface area contributed by atoms with Crippen LogP contribution in [-0.2, 0) is 26.0 Å². The van der Waals surface area contributed by atoms with Gasteiger partial charge in [-0.05, 0) is 54.8 Å². The standard InChI is InChI=1S/C18H20N2O4S/c1-13-4-3-5-16(10-13)25(22,23)19-15-6-7-17-14(11-15)8-9-20(17)18(21)12-24-2/h3-7,10-11,19H,8-9,12H2,1-2H3. The average molecular weight is 360 g/mol. The van der Waals surface area contributed by atoms with E-state index in [1.54, 1.807) is 41.3 Å². The van der Waals surface area contributed by atoms with Crippen LogP contribution in [-0.4, -0.2) is 34.6 Å². The number of amides is 1. The number of nitrogens with zero attached hydrogens (tertiary/aromatic N) is 1. The van der Waals surface area contributed by atoms with Gasteiger partial charge in [-0.2, -0.15) is 0 Å². The lowest BCUT2D eigenvalue weighted by Crippen LogP contribution is -2.31. The van der Waals surface area contributed by atoms with Crippen molar-refractivity contribution < 1.29 is 17.9 Å². The summed E-state index contributed by atoms with van der Waals surface area (Å²) in [6, 6.07) is 12.0. The zero-order chi connectivity index (χ0) is 18.0. The van der Waals surface area contributed by atoms with Crippen LogP contribution in [0.3, 0.4) is 0 Å². The molecule has 3 rings (SSSR count). The maximum absolute atomic E-state index is 12.5. The fourth-order valence-corrected chi connectivity index (χ4v) is 4.08. The van der Waals surface area contributed by atoms with E-state index in [2.05, 4.69) is 4.72 Å². The van der Waals surface area contributed by atoms with Crippen molar-refractivity contribution in [1.29, 1.82) is 0 Å². The summed E-state index contributed by atoms with van der Waals surface area (Å²) in [7, 11) is -2.16. The molecular weight excluding hydrogens is 340 g/mol. The smallest absolute Gasteiger partial charge is 0.261 e. The Morgan fingerprint density at radius 2 is 2.04 bits per heavy atom. The maximum atomic E-state index is 12.5. The third-order valence-corrected chi connectivity index (χ3v) is 5.47. The molecule has 7 heteroatoms. The summed E-state index contributed by atoms with van der Waals surface area (Å²) in [5.41, 5.74) is 3.11. The summed E-state index contributed by atoms with van der Waals surface area (Å²) in [6.07, 6.45) is 0.685. The molecule has 0 unspecified atom stereocenters. The van der Waals surface area contributed by atoms with Crippen LogP contribution in [0.25, 0.3) is 0 Å². The number of ether oxygens (including phenoxy) is 1. The van der Waals surface area contributed by atoms with E-state index in [1.165, 1.54) is 7.11 Å². The lowest BCUT2D eigenvalue weighted by molar-refractivity contribution is -0.122. The highest BCUT2D eigenvalue weighted by Crippen LogP contribution is 2.31. The minimum absolute atomic E-state index is 0.0289. The van der Waals surface area contributed by atoms with Gasteiger partial charge in [-0.3, -0.25) is 9.52 Å². The Balaban J connectivity index is 1.83. The number of benzene rings is 2. The molecule has 0 aromatic heterocycles. The number of hydrogen-bond acceptors (Lipinski definition) is 4. The van der Waals surface area contributed by atoms with Gasteiger partial charge in [0.05, 0.1) is 4.90 Å². The molecule has 1 heterocycles. The molecule has 0 atom stereocenters. The van der Waals surface area contributed by atoms with Crippen molar-refractivity contribution in [2.24, 2.45) is 0 Å². The summed E-state index contributed by atoms with van der Waals surface area (Å²) >= 11 is 0. The Kier molecular flexibility index (Phi) is 4.78. The zero-order valence-electron chi connectivity index (χ0n) is 14.2. The van der Waals surface area contributed by atoms with Gasteiger partial charge in [0.2, 0.25) is 0 Å². The first-order chi connectivity index (χ1) is 11.9. The van der Waals surface area contributed by atoms with Crippen molar-refractivity contribution >= 4 is 27.3 Å².